The predicted molar refractivity (Wildman–Crippen MR) is 93.5 cm³/mol. The van der Waals surface area contributed by atoms with Gasteiger partial charge in [0, 0.05) is 25.3 Å². The fourth-order valence-electron chi connectivity index (χ4n) is 1.74. The van der Waals surface area contributed by atoms with Gasteiger partial charge in [-0.3, -0.25) is 9.59 Å². The van der Waals surface area contributed by atoms with Gasteiger partial charge in [-0.05, 0) is 43.0 Å². The summed E-state index contributed by atoms with van der Waals surface area (Å²) in [5, 5.41) is 4.39. The Balaban J connectivity index is 2.55. The molecule has 8 nitrogen and oxygen atoms in total. The molecule has 1 unspecified atom stereocenters. The molecule has 0 spiro atoms. The lowest BCUT2D eigenvalue weighted by atomic mass is 10.3. The maximum absolute atomic E-state index is 11.9. The molecule has 0 aromatic heterocycles. The van der Waals surface area contributed by atoms with Gasteiger partial charge in [-0.1, -0.05) is 0 Å². The Morgan fingerprint density at radius 1 is 1.08 bits per heavy atom. The first-order chi connectivity index (χ1) is 11.8. The van der Waals surface area contributed by atoms with Crippen LogP contribution in [0.15, 0.2) is 24.3 Å². The topological polar surface area (TPSA) is 111 Å². The van der Waals surface area contributed by atoms with Crippen LogP contribution in [0.1, 0.15) is 20.8 Å². The third kappa shape index (κ3) is 8.20. The number of nitrogens with one attached hydrogen (secondary N) is 2. The van der Waals surface area contributed by atoms with Gasteiger partial charge in [-0.15, -0.1) is 0 Å². The standard InChI is InChI=1S/C16H20N2O6S/c1-4-23-15(21)14(18-11(3)20)9-25-16(22)24-13-7-5-12(6-8-13)17-10(2)19/h5-8,14H,4,9H2,1-3H3,(H,17,19)(H,18,20). The van der Waals surface area contributed by atoms with E-state index in [0.29, 0.717) is 11.4 Å². The van der Waals surface area contributed by atoms with Crippen molar-refractivity contribution in [3.05, 3.63) is 24.3 Å². The van der Waals surface area contributed by atoms with Crippen LogP contribution in [0.2, 0.25) is 0 Å². The van der Waals surface area contributed by atoms with Gasteiger partial charge in [-0.25, -0.2) is 9.59 Å². The van der Waals surface area contributed by atoms with Crippen molar-refractivity contribution in [2.45, 2.75) is 26.8 Å². The van der Waals surface area contributed by atoms with Crippen LogP contribution in [-0.2, 0) is 19.1 Å². The number of ether oxygens (including phenoxy) is 2. The van der Waals surface area contributed by atoms with E-state index >= 15 is 0 Å². The number of rotatable bonds is 7. The van der Waals surface area contributed by atoms with Crippen molar-refractivity contribution in [1.29, 1.82) is 0 Å². The lowest BCUT2D eigenvalue weighted by Gasteiger charge is -2.15. The molecule has 0 aliphatic rings. The number of hydrogen-bond acceptors (Lipinski definition) is 7. The number of esters is 1. The van der Waals surface area contributed by atoms with Gasteiger partial charge in [0.25, 0.3) is 0 Å². The maximum Gasteiger partial charge on any atom is 0.372 e. The third-order valence-corrected chi connectivity index (χ3v) is 3.51. The number of hydrogen-bond donors (Lipinski definition) is 2. The highest BCUT2D eigenvalue weighted by Gasteiger charge is 2.22. The molecule has 0 heterocycles. The molecule has 1 aromatic rings. The summed E-state index contributed by atoms with van der Waals surface area (Å²) in [6.45, 7) is 4.48. The van der Waals surface area contributed by atoms with Crippen molar-refractivity contribution in [3.8, 4) is 5.75 Å². The summed E-state index contributed by atoms with van der Waals surface area (Å²) in [4.78, 5) is 45.7. The highest BCUT2D eigenvalue weighted by molar-refractivity contribution is 8.13. The molecule has 136 valence electrons. The van der Waals surface area contributed by atoms with Crippen LogP contribution in [0, 0.1) is 0 Å². The van der Waals surface area contributed by atoms with Crippen LogP contribution in [0.4, 0.5) is 10.5 Å². The molecule has 25 heavy (non-hydrogen) atoms. The van der Waals surface area contributed by atoms with Crippen molar-refractivity contribution < 1.29 is 28.7 Å². The van der Waals surface area contributed by atoms with E-state index in [1.165, 1.54) is 26.0 Å². The molecule has 9 heteroatoms. The zero-order chi connectivity index (χ0) is 18.8. The molecule has 2 N–H and O–H groups in total. The molecule has 0 fully saturated rings. The summed E-state index contributed by atoms with van der Waals surface area (Å²) < 4.78 is 9.96. The minimum absolute atomic E-state index is 0.0127. The minimum atomic E-state index is -0.933. The molecule has 0 aliphatic heterocycles. The first-order valence-corrected chi connectivity index (χ1v) is 8.46. The van der Waals surface area contributed by atoms with E-state index in [0.717, 1.165) is 11.8 Å². The Hall–Kier alpha value is -2.55. The van der Waals surface area contributed by atoms with E-state index in [1.54, 1.807) is 19.1 Å². The largest absolute Gasteiger partial charge is 0.464 e. The van der Waals surface area contributed by atoms with Crippen LogP contribution in [-0.4, -0.2) is 41.5 Å². The Labute approximate surface area is 149 Å². The van der Waals surface area contributed by atoms with Crippen LogP contribution in [0.25, 0.3) is 0 Å². The zero-order valence-electron chi connectivity index (χ0n) is 14.2. The molecule has 2 amide bonds. The molecule has 0 bridgehead atoms. The smallest absolute Gasteiger partial charge is 0.372 e. The number of carbonyl (C=O) groups is 4. The monoisotopic (exact) mass is 368 g/mol. The van der Waals surface area contributed by atoms with Gasteiger partial charge in [0.2, 0.25) is 11.8 Å². The summed E-state index contributed by atoms with van der Waals surface area (Å²) in [5.74, 6) is -0.943. The summed E-state index contributed by atoms with van der Waals surface area (Å²) in [6, 6.07) is 5.30. The van der Waals surface area contributed by atoms with E-state index in [1.807, 2.05) is 0 Å². The highest BCUT2D eigenvalue weighted by atomic mass is 32.2. The minimum Gasteiger partial charge on any atom is -0.464 e. The van der Waals surface area contributed by atoms with E-state index in [4.69, 9.17) is 9.47 Å². The van der Waals surface area contributed by atoms with Crippen LogP contribution in [0.3, 0.4) is 0 Å². The van der Waals surface area contributed by atoms with Crippen LogP contribution >= 0.6 is 11.8 Å². The van der Waals surface area contributed by atoms with Crippen LogP contribution in [0.5, 0.6) is 5.75 Å². The van der Waals surface area contributed by atoms with Crippen molar-refractivity contribution in [3.63, 3.8) is 0 Å². The number of carbonyl (C=O) groups excluding carboxylic acids is 4. The van der Waals surface area contributed by atoms with E-state index in [2.05, 4.69) is 10.6 Å². The Morgan fingerprint density at radius 3 is 2.24 bits per heavy atom. The van der Waals surface area contributed by atoms with Crippen molar-refractivity contribution >= 4 is 40.5 Å². The van der Waals surface area contributed by atoms with E-state index in [-0.39, 0.29) is 18.3 Å². The van der Waals surface area contributed by atoms with Gasteiger partial charge in [0.05, 0.1) is 6.61 Å². The van der Waals surface area contributed by atoms with Gasteiger partial charge in [0.15, 0.2) is 0 Å². The Morgan fingerprint density at radius 2 is 1.72 bits per heavy atom. The molecular formula is C16H20N2O6S. The third-order valence-electron chi connectivity index (χ3n) is 2.69. The predicted octanol–water partition coefficient (Wildman–Crippen LogP) is 1.94. The quantitative estimate of drug-likeness (QED) is 0.708. The van der Waals surface area contributed by atoms with Crippen molar-refractivity contribution in [1.82, 2.24) is 5.32 Å². The highest BCUT2D eigenvalue weighted by Crippen LogP contribution is 2.18. The van der Waals surface area contributed by atoms with Crippen molar-refractivity contribution in [2.75, 3.05) is 17.7 Å². The van der Waals surface area contributed by atoms with Crippen molar-refractivity contribution in [2.24, 2.45) is 0 Å². The first-order valence-electron chi connectivity index (χ1n) is 7.47. The van der Waals surface area contributed by atoms with E-state index < -0.39 is 23.2 Å². The van der Waals surface area contributed by atoms with E-state index in [9.17, 15) is 19.2 Å². The van der Waals surface area contributed by atoms with Gasteiger partial charge in [0.1, 0.15) is 11.8 Å². The number of thioether (sulfide) groups is 1. The molecule has 0 radical (unpaired) electrons. The fraction of sp³-hybridized carbons (Fsp3) is 0.375. The Kier molecular flexibility index (Phi) is 8.48. The SMILES string of the molecule is CCOC(=O)C(CSC(=O)Oc1ccc(NC(C)=O)cc1)NC(C)=O. The van der Waals surface area contributed by atoms with Crippen LogP contribution < -0.4 is 15.4 Å². The zero-order valence-corrected chi connectivity index (χ0v) is 15.0. The number of amides is 2. The maximum atomic E-state index is 11.9. The van der Waals surface area contributed by atoms with Gasteiger partial charge >= 0.3 is 11.3 Å². The summed E-state index contributed by atoms with van der Waals surface area (Å²) in [5.41, 5.74) is 0.577. The second kappa shape index (κ2) is 10.3. The number of anilines is 1. The second-order valence-electron chi connectivity index (χ2n) is 4.87. The average molecular weight is 368 g/mol. The summed E-state index contributed by atoms with van der Waals surface area (Å²) in [6.07, 6.45) is 0. The number of benzene rings is 1. The molecule has 0 aliphatic carbocycles. The first kappa shape index (κ1) is 20.5. The summed E-state index contributed by atoms with van der Waals surface area (Å²) in [7, 11) is 0. The molecule has 1 aromatic carbocycles. The Bertz CT molecular complexity index is 632. The lowest BCUT2D eigenvalue weighted by Crippen LogP contribution is -2.43. The average Bonchev–Trinajstić information content (AvgIpc) is 2.52. The van der Waals surface area contributed by atoms with Gasteiger partial charge < -0.3 is 20.1 Å². The van der Waals surface area contributed by atoms with Gasteiger partial charge in [-0.2, -0.15) is 0 Å². The summed E-state index contributed by atoms with van der Waals surface area (Å²) >= 11 is 0.744. The molecule has 0 saturated carbocycles. The lowest BCUT2D eigenvalue weighted by molar-refractivity contribution is -0.146. The molecular weight excluding hydrogens is 348 g/mol. The normalized spacial score (nSPS) is 11.2. The second-order valence-corrected chi connectivity index (χ2v) is 5.83. The molecule has 0 saturated heterocycles. The molecule has 1 atom stereocenters. The molecule has 1 rings (SSSR count). The fourth-order valence-corrected chi connectivity index (χ4v) is 2.42.